The molecule has 0 amide bonds. The van der Waals surface area contributed by atoms with Gasteiger partial charge in [0.15, 0.2) is 5.69 Å². The van der Waals surface area contributed by atoms with Gasteiger partial charge in [-0.05, 0) is 43.1 Å². The molecule has 26 heavy (non-hydrogen) atoms. The second-order valence-corrected chi connectivity index (χ2v) is 6.47. The average Bonchev–Trinajstić information content (AvgIpc) is 3.09. The third kappa shape index (κ3) is 3.39. The number of alkyl halides is 3. The van der Waals surface area contributed by atoms with Crippen molar-refractivity contribution in [1.82, 2.24) is 29.5 Å². The van der Waals surface area contributed by atoms with Crippen LogP contribution in [0.2, 0.25) is 0 Å². The third-order valence-electron chi connectivity index (χ3n) is 4.64. The third-order valence-corrected chi connectivity index (χ3v) is 4.64. The quantitative estimate of drug-likeness (QED) is 0.717. The number of aromatic nitrogens is 5. The van der Waals surface area contributed by atoms with Crippen molar-refractivity contribution in [3.8, 4) is 0 Å². The lowest BCUT2D eigenvalue weighted by molar-refractivity contribution is -0.142. The molecule has 6 nitrogen and oxygen atoms in total. The minimum absolute atomic E-state index is 0.0129. The highest BCUT2D eigenvalue weighted by Crippen LogP contribution is 2.33. The van der Waals surface area contributed by atoms with Crippen LogP contribution in [0.4, 0.5) is 13.2 Å². The van der Waals surface area contributed by atoms with Crippen molar-refractivity contribution < 1.29 is 13.2 Å². The number of nitrogens with zero attached hydrogens (tertiary/aromatic N) is 6. The SMILES string of the molecule is FC(F)(F)c1cc(C2CCCN(Cc3ccncc3)C2)nc2ncnn12. The lowest BCUT2D eigenvalue weighted by Gasteiger charge is -2.32. The molecule has 1 fully saturated rings. The molecule has 136 valence electrons. The summed E-state index contributed by atoms with van der Waals surface area (Å²) >= 11 is 0. The van der Waals surface area contributed by atoms with E-state index in [-0.39, 0.29) is 11.7 Å². The van der Waals surface area contributed by atoms with Gasteiger partial charge in [0.2, 0.25) is 0 Å². The van der Waals surface area contributed by atoms with E-state index in [0.29, 0.717) is 12.2 Å². The van der Waals surface area contributed by atoms with Crippen LogP contribution < -0.4 is 0 Å². The zero-order chi connectivity index (χ0) is 18.1. The van der Waals surface area contributed by atoms with Gasteiger partial charge in [0.25, 0.3) is 5.78 Å². The van der Waals surface area contributed by atoms with E-state index in [1.54, 1.807) is 12.4 Å². The van der Waals surface area contributed by atoms with Crippen LogP contribution in [0.5, 0.6) is 0 Å². The van der Waals surface area contributed by atoms with E-state index in [0.717, 1.165) is 48.4 Å². The molecular weight excluding hydrogens is 345 g/mol. The topological polar surface area (TPSA) is 59.2 Å². The van der Waals surface area contributed by atoms with Gasteiger partial charge in [0.05, 0.1) is 5.69 Å². The molecule has 9 heteroatoms. The van der Waals surface area contributed by atoms with E-state index in [4.69, 9.17) is 0 Å². The Labute approximate surface area is 147 Å². The Kier molecular flexibility index (Phi) is 4.31. The Morgan fingerprint density at radius 1 is 1.19 bits per heavy atom. The lowest BCUT2D eigenvalue weighted by atomic mass is 9.93. The Balaban J connectivity index is 1.60. The van der Waals surface area contributed by atoms with E-state index in [1.165, 1.54) is 0 Å². The number of pyridine rings is 1. The van der Waals surface area contributed by atoms with Crippen molar-refractivity contribution in [3.05, 3.63) is 53.9 Å². The second kappa shape index (κ2) is 6.64. The monoisotopic (exact) mass is 362 g/mol. The van der Waals surface area contributed by atoms with Crippen LogP contribution in [0.3, 0.4) is 0 Å². The summed E-state index contributed by atoms with van der Waals surface area (Å²) in [6, 6.07) is 5.01. The normalized spacial score (nSPS) is 19.1. The molecule has 1 saturated heterocycles. The van der Waals surface area contributed by atoms with Crippen molar-refractivity contribution in [3.63, 3.8) is 0 Å². The van der Waals surface area contributed by atoms with Crippen molar-refractivity contribution in [2.75, 3.05) is 13.1 Å². The van der Waals surface area contributed by atoms with E-state index in [1.807, 2.05) is 12.1 Å². The predicted molar refractivity (Wildman–Crippen MR) is 87.3 cm³/mol. The van der Waals surface area contributed by atoms with Gasteiger partial charge >= 0.3 is 6.18 Å². The van der Waals surface area contributed by atoms with Crippen LogP contribution in [0.15, 0.2) is 36.9 Å². The van der Waals surface area contributed by atoms with Crippen LogP contribution in [0, 0.1) is 0 Å². The fourth-order valence-corrected chi connectivity index (χ4v) is 3.43. The molecule has 0 bridgehead atoms. The summed E-state index contributed by atoms with van der Waals surface area (Å²) in [4.78, 5) is 14.4. The smallest absolute Gasteiger partial charge is 0.298 e. The molecule has 3 aromatic heterocycles. The maximum absolute atomic E-state index is 13.4. The summed E-state index contributed by atoms with van der Waals surface area (Å²) in [6.45, 7) is 2.33. The van der Waals surface area contributed by atoms with Crippen molar-refractivity contribution >= 4 is 5.78 Å². The van der Waals surface area contributed by atoms with Crippen LogP contribution in [0.1, 0.15) is 35.7 Å². The van der Waals surface area contributed by atoms with Crippen molar-refractivity contribution in [2.24, 2.45) is 0 Å². The first-order valence-electron chi connectivity index (χ1n) is 8.40. The average molecular weight is 362 g/mol. The molecule has 4 rings (SSSR count). The summed E-state index contributed by atoms with van der Waals surface area (Å²) < 4.78 is 40.9. The van der Waals surface area contributed by atoms with E-state index in [9.17, 15) is 13.2 Å². The van der Waals surface area contributed by atoms with Gasteiger partial charge in [-0.3, -0.25) is 9.88 Å². The Hall–Kier alpha value is -2.55. The molecule has 0 N–H and O–H groups in total. The molecule has 0 saturated carbocycles. The summed E-state index contributed by atoms with van der Waals surface area (Å²) in [5, 5.41) is 3.65. The summed E-state index contributed by atoms with van der Waals surface area (Å²) in [7, 11) is 0. The van der Waals surface area contributed by atoms with E-state index >= 15 is 0 Å². The van der Waals surface area contributed by atoms with Gasteiger partial charge in [-0.25, -0.2) is 4.98 Å². The summed E-state index contributed by atoms with van der Waals surface area (Å²) in [5.74, 6) is -0.0746. The van der Waals surface area contributed by atoms with Crippen LogP contribution in [-0.4, -0.2) is 42.6 Å². The van der Waals surface area contributed by atoms with Gasteiger partial charge in [-0.2, -0.15) is 27.8 Å². The Morgan fingerprint density at radius 3 is 2.77 bits per heavy atom. The zero-order valence-electron chi connectivity index (χ0n) is 13.9. The first kappa shape index (κ1) is 16.9. The molecule has 4 heterocycles. The van der Waals surface area contributed by atoms with Crippen LogP contribution in [-0.2, 0) is 12.7 Å². The Bertz CT molecular complexity index is 892. The largest absolute Gasteiger partial charge is 0.433 e. The number of fused-ring (bicyclic) bond motifs is 1. The molecule has 1 aliphatic rings. The molecule has 1 aliphatic heterocycles. The first-order chi connectivity index (χ1) is 12.5. The first-order valence-corrected chi connectivity index (χ1v) is 8.40. The molecule has 0 aliphatic carbocycles. The molecule has 3 aromatic rings. The number of hydrogen-bond donors (Lipinski definition) is 0. The van der Waals surface area contributed by atoms with E-state index in [2.05, 4.69) is 25.0 Å². The molecule has 0 aromatic carbocycles. The standard InChI is InChI=1S/C17H17F3N6/c18-17(19,20)15-8-14(24-16-22-11-23-26(15)16)13-2-1-7-25(10-13)9-12-3-5-21-6-4-12/h3-6,8,11,13H,1-2,7,9-10H2. The van der Waals surface area contributed by atoms with Gasteiger partial charge < -0.3 is 0 Å². The molecule has 1 unspecified atom stereocenters. The van der Waals surface area contributed by atoms with Crippen LogP contribution in [0.25, 0.3) is 5.78 Å². The second-order valence-electron chi connectivity index (χ2n) is 6.47. The number of halogens is 3. The summed E-state index contributed by atoms with van der Waals surface area (Å²) in [5.41, 5.74) is 0.732. The van der Waals surface area contributed by atoms with E-state index < -0.39 is 11.9 Å². The Morgan fingerprint density at radius 2 is 2.00 bits per heavy atom. The molecule has 0 radical (unpaired) electrons. The molecular formula is C17H17F3N6. The predicted octanol–water partition coefficient (Wildman–Crippen LogP) is 2.92. The fourth-order valence-electron chi connectivity index (χ4n) is 3.43. The van der Waals surface area contributed by atoms with Crippen molar-refractivity contribution in [1.29, 1.82) is 0 Å². The zero-order valence-corrected chi connectivity index (χ0v) is 13.9. The van der Waals surface area contributed by atoms with Crippen molar-refractivity contribution in [2.45, 2.75) is 31.5 Å². The molecule has 0 spiro atoms. The number of rotatable bonds is 3. The van der Waals surface area contributed by atoms with Crippen LogP contribution >= 0.6 is 0 Å². The minimum Gasteiger partial charge on any atom is -0.298 e. The van der Waals surface area contributed by atoms with Gasteiger partial charge in [-0.1, -0.05) is 0 Å². The maximum atomic E-state index is 13.4. The highest BCUT2D eigenvalue weighted by molar-refractivity contribution is 5.33. The van der Waals surface area contributed by atoms with Gasteiger partial charge in [-0.15, -0.1) is 0 Å². The highest BCUT2D eigenvalue weighted by atomic mass is 19.4. The van der Waals surface area contributed by atoms with Gasteiger partial charge in [0.1, 0.15) is 6.33 Å². The minimum atomic E-state index is -4.50. The van der Waals surface area contributed by atoms with Gasteiger partial charge in [0, 0.05) is 31.4 Å². The number of piperidine rings is 1. The maximum Gasteiger partial charge on any atom is 0.433 e. The molecule has 1 atom stereocenters. The number of hydrogen-bond acceptors (Lipinski definition) is 5. The number of likely N-dealkylation sites (tertiary alicyclic amines) is 1. The lowest BCUT2D eigenvalue weighted by Crippen LogP contribution is -2.34. The highest BCUT2D eigenvalue weighted by Gasteiger charge is 2.36. The summed E-state index contributed by atoms with van der Waals surface area (Å²) in [6.07, 6.45) is 1.80. The fraction of sp³-hybridized carbons (Fsp3) is 0.412.